The van der Waals surface area contributed by atoms with Crippen molar-refractivity contribution in [1.29, 1.82) is 0 Å². The van der Waals surface area contributed by atoms with E-state index < -0.39 is 0 Å². The average Bonchev–Trinajstić information content (AvgIpc) is 2.53. The van der Waals surface area contributed by atoms with Crippen LogP contribution in [0, 0.1) is 0 Å². The van der Waals surface area contributed by atoms with Gasteiger partial charge in [-0.3, -0.25) is 4.79 Å². The number of carbonyl (C=O) groups excluding carboxylic acids is 1. The Labute approximate surface area is 138 Å². The van der Waals surface area contributed by atoms with Gasteiger partial charge in [-0.1, -0.05) is 23.2 Å². The Kier molecular flexibility index (Phi) is 5.41. The predicted octanol–water partition coefficient (Wildman–Crippen LogP) is 4.30. The van der Waals surface area contributed by atoms with Gasteiger partial charge in [0.2, 0.25) is 0 Å². The molecule has 2 aromatic rings. The van der Waals surface area contributed by atoms with Gasteiger partial charge in [0.25, 0.3) is 0 Å². The highest BCUT2D eigenvalue weighted by Gasteiger charge is 2.09. The number of nitrogens with zero attached hydrogens (tertiary/aromatic N) is 1. The SMILES string of the molecule is COc1ccc(C(=O)/C=C/c2ccc(Cl)nc2Cl)cc1OC. The Morgan fingerprint density at radius 1 is 1.09 bits per heavy atom. The molecule has 1 aromatic carbocycles. The number of hydrogen-bond acceptors (Lipinski definition) is 4. The van der Waals surface area contributed by atoms with Gasteiger partial charge in [0.15, 0.2) is 17.3 Å². The normalized spacial score (nSPS) is 10.7. The average molecular weight is 338 g/mol. The molecule has 22 heavy (non-hydrogen) atoms. The van der Waals surface area contributed by atoms with Gasteiger partial charge in [-0.25, -0.2) is 4.98 Å². The standard InChI is InChI=1S/C16H13Cl2NO3/c1-21-13-7-4-11(9-14(13)22-2)12(20)6-3-10-5-8-15(17)19-16(10)18/h3-9H,1-2H3/b6-3+. The van der Waals surface area contributed by atoms with E-state index in [2.05, 4.69) is 4.98 Å². The monoisotopic (exact) mass is 337 g/mol. The van der Waals surface area contributed by atoms with E-state index in [1.54, 1.807) is 36.4 Å². The summed E-state index contributed by atoms with van der Waals surface area (Å²) in [5.74, 6) is 0.868. The molecule has 0 aliphatic carbocycles. The summed E-state index contributed by atoms with van der Waals surface area (Å²) in [4.78, 5) is 16.1. The number of methoxy groups -OCH3 is 2. The molecule has 0 aliphatic heterocycles. The number of aromatic nitrogens is 1. The molecule has 0 spiro atoms. The van der Waals surface area contributed by atoms with Crippen molar-refractivity contribution in [3.8, 4) is 11.5 Å². The van der Waals surface area contributed by atoms with Gasteiger partial charge in [-0.2, -0.15) is 0 Å². The lowest BCUT2D eigenvalue weighted by Crippen LogP contribution is -1.97. The van der Waals surface area contributed by atoms with Crippen molar-refractivity contribution in [2.45, 2.75) is 0 Å². The number of ketones is 1. The molecule has 0 atom stereocenters. The molecule has 1 heterocycles. The number of ether oxygens (including phenoxy) is 2. The fraction of sp³-hybridized carbons (Fsp3) is 0.125. The fourth-order valence-electron chi connectivity index (χ4n) is 1.80. The topological polar surface area (TPSA) is 48.4 Å². The molecule has 0 fully saturated rings. The van der Waals surface area contributed by atoms with Crippen LogP contribution in [0.5, 0.6) is 11.5 Å². The first-order valence-electron chi connectivity index (χ1n) is 6.31. The van der Waals surface area contributed by atoms with Crippen molar-refractivity contribution < 1.29 is 14.3 Å². The van der Waals surface area contributed by atoms with Crippen molar-refractivity contribution in [3.63, 3.8) is 0 Å². The van der Waals surface area contributed by atoms with Crippen LogP contribution in [0.25, 0.3) is 6.08 Å². The maximum atomic E-state index is 12.2. The van der Waals surface area contributed by atoms with E-state index in [-0.39, 0.29) is 10.9 Å². The van der Waals surface area contributed by atoms with E-state index in [0.29, 0.717) is 27.8 Å². The molecular formula is C16H13Cl2NO3. The number of halogens is 2. The smallest absolute Gasteiger partial charge is 0.185 e. The van der Waals surface area contributed by atoms with Crippen molar-refractivity contribution >= 4 is 35.1 Å². The Morgan fingerprint density at radius 2 is 1.82 bits per heavy atom. The van der Waals surface area contributed by atoms with E-state index >= 15 is 0 Å². The van der Waals surface area contributed by atoms with E-state index in [1.165, 1.54) is 20.3 Å². The highest BCUT2D eigenvalue weighted by Crippen LogP contribution is 2.28. The minimum atomic E-state index is -0.188. The summed E-state index contributed by atoms with van der Waals surface area (Å²) in [6, 6.07) is 8.25. The molecule has 0 saturated heterocycles. The molecule has 0 amide bonds. The van der Waals surface area contributed by atoms with Crippen LogP contribution in [0.3, 0.4) is 0 Å². The minimum absolute atomic E-state index is 0.188. The molecule has 6 heteroatoms. The van der Waals surface area contributed by atoms with Gasteiger partial charge in [-0.05, 0) is 42.5 Å². The largest absolute Gasteiger partial charge is 0.493 e. The lowest BCUT2D eigenvalue weighted by atomic mass is 10.1. The number of hydrogen-bond donors (Lipinski definition) is 0. The molecule has 0 bridgehead atoms. The Balaban J connectivity index is 2.23. The predicted molar refractivity (Wildman–Crippen MR) is 87.2 cm³/mol. The third-order valence-electron chi connectivity index (χ3n) is 2.93. The molecule has 4 nitrogen and oxygen atoms in total. The van der Waals surface area contributed by atoms with Crippen LogP contribution >= 0.6 is 23.2 Å². The Morgan fingerprint density at radius 3 is 2.45 bits per heavy atom. The van der Waals surface area contributed by atoms with Gasteiger partial charge in [0.05, 0.1) is 14.2 Å². The molecular weight excluding hydrogens is 325 g/mol. The van der Waals surface area contributed by atoms with Gasteiger partial charge < -0.3 is 9.47 Å². The van der Waals surface area contributed by atoms with Crippen LogP contribution in [0.15, 0.2) is 36.4 Å². The Hall–Kier alpha value is -2.04. The lowest BCUT2D eigenvalue weighted by Gasteiger charge is -2.08. The van der Waals surface area contributed by atoms with E-state index in [1.807, 2.05) is 0 Å². The van der Waals surface area contributed by atoms with Crippen molar-refractivity contribution in [1.82, 2.24) is 4.98 Å². The third kappa shape index (κ3) is 3.78. The number of benzene rings is 1. The van der Waals surface area contributed by atoms with Crippen molar-refractivity contribution in [2.24, 2.45) is 0 Å². The third-order valence-corrected chi connectivity index (χ3v) is 3.44. The number of pyridine rings is 1. The van der Waals surface area contributed by atoms with Gasteiger partial charge in [0.1, 0.15) is 10.3 Å². The summed E-state index contributed by atoms with van der Waals surface area (Å²) in [6.07, 6.45) is 3.00. The zero-order valence-corrected chi connectivity index (χ0v) is 13.5. The second kappa shape index (κ2) is 7.29. The maximum Gasteiger partial charge on any atom is 0.185 e. The highest BCUT2D eigenvalue weighted by molar-refractivity contribution is 6.33. The van der Waals surface area contributed by atoms with Gasteiger partial charge >= 0.3 is 0 Å². The second-order valence-electron chi connectivity index (χ2n) is 4.28. The number of rotatable bonds is 5. The summed E-state index contributed by atoms with van der Waals surface area (Å²) in [6.45, 7) is 0. The Bertz CT molecular complexity index is 729. The molecule has 1 aromatic heterocycles. The molecule has 0 unspecified atom stereocenters. The van der Waals surface area contributed by atoms with E-state index in [0.717, 1.165) is 0 Å². The molecule has 0 radical (unpaired) electrons. The fourth-order valence-corrected chi connectivity index (χ4v) is 2.21. The van der Waals surface area contributed by atoms with E-state index in [9.17, 15) is 4.79 Å². The van der Waals surface area contributed by atoms with Crippen LogP contribution in [-0.2, 0) is 0 Å². The second-order valence-corrected chi connectivity index (χ2v) is 5.03. The van der Waals surface area contributed by atoms with Crippen LogP contribution in [0.1, 0.15) is 15.9 Å². The number of carbonyl (C=O) groups is 1. The zero-order valence-electron chi connectivity index (χ0n) is 12.0. The summed E-state index contributed by atoms with van der Waals surface area (Å²) >= 11 is 11.7. The maximum absolute atomic E-state index is 12.2. The highest BCUT2D eigenvalue weighted by atomic mass is 35.5. The first-order chi connectivity index (χ1) is 10.5. The lowest BCUT2D eigenvalue weighted by molar-refractivity contribution is 0.104. The summed E-state index contributed by atoms with van der Waals surface area (Å²) < 4.78 is 10.3. The van der Waals surface area contributed by atoms with Crippen molar-refractivity contribution in [2.75, 3.05) is 14.2 Å². The molecule has 0 aliphatic rings. The summed E-state index contributed by atoms with van der Waals surface area (Å²) in [5.41, 5.74) is 1.09. The summed E-state index contributed by atoms with van der Waals surface area (Å²) in [7, 11) is 3.05. The van der Waals surface area contributed by atoms with Crippen LogP contribution < -0.4 is 9.47 Å². The molecule has 2 rings (SSSR count). The molecule has 0 saturated carbocycles. The first kappa shape index (κ1) is 16.3. The van der Waals surface area contributed by atoms with Crippen LogP contribution in [0.4, 0.5) is 0 Å². The minimum Gasteiger partial charge on any atom is -0.493 e. The van der Waals surface area contributed by atoms with Crippen molar-refractivity contribution in [3.05, 3.63) is 57.8 Å². The summed E-state index contributed by atoms with van der Waals surface area (Å²) in [5, 5.41) is 0.539. The van der Waals surface area contributed by atoms with E-state index in [4.69, 9.17) is 32.7 Å². The van der Waals surface area contributed by atoms with Crippen LogP contribution in [-0.4, -0.2) is 25.0 Å². The quantitative estimate of drug-likeness (QED) is 0.463. The first-order valence-corrected chi connectivity index (χ1v) is 7.07. The van der Waals surface area contributed by atoms with Gasteiger partial charge in [0, 0.05) is 11.1 Å². The number of allylic oxidation sites excluding steroid dienone is 1. The van der Waals surface area contributed by atoms with Gasteiger partial charge in [-0.15, -0.1) is 0 Å². The molecule has 114 valence electrons. The molecule has 0 N–H and O–H groups in total. The zero-order chi connectivity index (χ0) is 16.1. The van der Waals surface area contributed by atoms with Crippen LogP contribution in [0.2, 0.25) is 10.3 Å².